The number of nitrogens with zero attached hydrogens (tertiary/aromatic N) is 3. The molecule has 0 saturated heterocycles. The minimum atomic E-state index is -0.129. The summed E-state index contributed by atoms with van der Waals surface area (Å²) in [5.74, 6) is 0.685. The van der Waals surface area contributed by atoms with Gasteiger partial charge in [-0.1, -0.05) is 178 Å². The van der Waals surface area contributed by atoms with Crippen molar-refractivity contribution in [2.24, 2.45) is 0 Å². The lowest BCUT2D eigenvalue weighted by Crippen LogP contribution is -2.14. The Balaban J connectivity index is 1.09. The van der Waals surface area contributed by atoms with Crippen molar-refractivity contribution >= 4 is 21.8 Å². The number of rotatable bonds is 7. The fraction of sp³-hybridized carbons (Fsp3) is 0.0492. The van der Waals surface area contributed by atoms with Gasteiger partial charge in [0.15, 0.2) is 5.82 Å². The Labute approximate surface area is 373 Å². The molecule has 3 nitrogen and oxygen atoms in total. The summed E-state index contributed by atoms with van der Waals surface area (Å²) in [6.07, 6.45) is 0. The van der Waals surface area contributed by atoms with E-state index in [4.69, 9.17) is 9.97 Å². The van der Waals surface area contributed by atoms with Gasteiger partial charge in [0.25, 0.3) is 0 Å². The number of hydrogen-bond donors (Lipinski definition) is 0. The Bertz CT molecular complexity index is 3490. The van der Waals surface area contributed by atoms with Crippen molar-refractivity contribution in [1.82, 2.24) is 14.5 Å². The third-order valence-corrected chi connectivity index (χ3v) is 13.2. The lowest BCUT2D eigenvalue weighted by atomic mass is 9.81. The highest BCUT2D eigenvalue weighted by Crippen LogP contribution is 2.50. The predicted octanol–water partition coefficient (Wildman–Crippen LogP) is 15.9. The highest BCUT2D eigenvalue weighted by molar-refractivity contribution is 6.11. The quantitative estimate of drug-likeness (QED) is 0.160. The zero-order chi connectivity index (χ0) is 42.8. The Morgan fingerprint density at radius 1 is 0.328 bits per heavy atom. The molecule has 0 fully saturated rings. The first-order valence-electron chi connectivity index (χ1n) is 22.1. The number of fused-ring (bicyclic) bond motifs is 6. The zero-order valence-corrected chi connectivity index (χ0v) is 35.7. The second-order valence-corrected chi connectivity index (χ2v) is 17.4. The van der Waals surface area contributed by atoms with E-state index in [1.54, 1.807) is 0 Å². The van der Waals surface area contributed by atoms with Gasteiger partial charge in [-0.15, -0.1) is 0 Å². The molecule has 2 heterocycles. The molecule has 0 amide bonds. The van der Waals surface area contributed by atoms with Crippen LogP contribution in [0.3, 0.4) is 0 Å². The van der Waals surface area contributed by atoms with E-state index in [2.05, 4.69) is 231 Å². The molecule has 2 aromatic heterocycles. The van der Waals surface area contributed by atoms with Crippen LogP contribution in [0.2, 0.25) is 0 Å². The highest BCUT2D eigenvalue weighted by Gasteiger charge is 2.35. The van der Waals surface area contributed by atoms with Gasteiger partial charge in [0, 0.05) is 38.6 Å². The fourth-order valence-electron chi connectivity index (χ4n) is 9.93. The number of benzene rings is 9. The predicted molar refractivity (Wildman–Crippen MR) is 267 cm³/mol. The third-order valence-electron chi connectivity index (χ3n) is 13.2. The monoisotopic (exact) mass is 817 g/mol. The molecule has 1 aliphatic rings. The van der Waals surface area contributed by atoms with E-state index in [0.717, 1.165) is 61.5 Å². The van der Waals surface area contributed by atoms with Gasteiger partial charge in [0.2, 0.25) is 0 Å². The highest BCUT2D eigenvalue weighted by atomic mass is 15.0. The van der Waals surface area contributed by atoms with Crippen LogP contribution in [0.4, 0.5) is 0 Å². The molecule has 0 atom stereocenters. The summed E-state index contributed by atoms with van der Waals surface area (Å²) in [4.78, 5) is 10.7. The molecule has 0 aliphatic heterocycles. The van der Waals surface area contributed by atoms with Gasteiger partial charge in [0.05, 0.1) is 22.4 Å². The molecule has 12 rings (SSSR count). The Kier molecular flexibility index (Phi) is 8.84. The van der Waals surface area contributed by atoms with Crippen molar-refractivity contribution in [3.8, 4) is 84.1 Å². The normalized spacial score (nSPS) is 12.7. The van der Waals surface area contributed by atoms with Crippen LogP contribution >= 0.6 is 0 Å². The minimum Gasteiger partial charge on any atom is -0.309 e. The minimum absolute atomic E-state index is 0.129. The van der Waals surface area contributed by atoms with Crippen molar-refractivity contribution in [3.63, 3.8) is 0 Å². The molecule has 9 aromatic carbocycles. The van der Waals surface area contributed by atoms with E-state index in [-0.39, 0.29) is 5.41 Å². The van der Waals surface area contributed by atoms with Crippen LogP contribution in [0.15, 0.2) is 224 Å². The first-order valence-corrected chi connectivity index (χ1v) is 22.1. The van der Waals surface area contributed by atoms with Crippen LogP contribution in [0, 0.1) is 0 Å². The van der Waals surface area contributed by atoms with Crippen molar-refractivity contribution in [2.45, 2.75) is 19.3 Å². The molecule has 64 heavy (non-hydrogen) atoms. The van der Waals surface area contributed by atoms with E-state index < -0.39 is 0 Å². The van der Waals surface area contributed by atoms with Gasteiger partial charge in [-0.25, -0.2) is 9.97 Å². The largest absolute Gasteiger partial charge is 0.309 e. The van der Waals surface area contributed by atoms with Crippen molar-refractivity contribution in [2.75, 3.05) is 0 Å². The molecule has 0 unspecified atom stereocenters. The lowest BCUT2D eigenvalue weighted by Gasteiger charge is -2.22. The molecule has 0 saturated carbocycles. The fourth-order valence-corrected chi connectivity index (χ4v) is 9.93. The summed E-state index contributed by atoms with van der Waals surface area (Å²) in [7, 11) is 0. The average molecular weight is 818 g/mol. The molecular formula is C61H43N3. The maximum atomic E-state index is 5.33. The van der Waals surface area contributed by atoms with Gasteiger partial charge >= 0.3 is 0 Å². The van der Waals surface area contributed by atoms with E-state index in [1.807, 2.05) is 12.1 Å². The standard InChI is InChI=1S/C61H43N3/c1-61(2)54-26-16-15-25-50(54)51-30-27-44(37-55(51)61)46-33-47(35-48(34-46)60-62-56(41-19-9-4-10-20-41)39-57(63-60)42-21-11-5-12-22-42)45-28-31-52-53-36-43(40-17-7-3-8-18-40)29-32-58(53)64(59(52)38-45)49-23-13-6-14-24-49/h3-39H,1-2H3. The van der Waals surface area contributed by atoms with Crippen LogP contribution in [-0.2, 0) is 5.41 Å². The SMILES string of the molecule is CC1(C)c2ccccc2-c2ccc(-c3cc(-c4ccc5c6cc(-c7ccccc7)ccc6n(-c6ccccc6)c5c4)cc(-c4nc(-c5ccccc5)cc(-c5ccccc5)n4)c3)cc21. The van der Waals surface area contributed by atoms with Crippen LogP contribution in [0.1, 0.15) is 25.0 Å². The lowest BCUT2D eigenvalue weighted by molar-refractivity contribution is 0.660. The first-order chi connectivity index (χ1) is 31.5. The topological polar surface area (TPSA) is 30.7 Å². The van der Waals surface area contributed by atoms with Crippen LogP contribution < -0.4 is 0 Å². The molecule has 3 heteroatoms. The number of para-hydroxylation sites is 1. The van der Waals surface area contributed by atoms with Gasteiger partial charge in [0.1, 0.15) is 0 Å². The van der Waals surface area contributed by atoms with Gasteiger partial charge in [-0.2, -0.15) is 0 Å². The maximum Gasteiger partial charge on any atom is 0.160 e. The Morgan fingerprint density at radius 2 is 0.844 bits per heavy atom. The second-order valence-electron chi connectivity index (χ2n) is 17.4. The smallest absolute Gasteiger partial charge is 0.160 e. The van der Waals surface area contributed by atoms with Crippen LogP contribution in [0.25, 0.3) is 106 Å². The summed E-state index contributed by atoms with van der Waals surface area (Å²) < 4.78 is 2.41. The maximum absolute atomic E-state index is 5.33. The molecular weight excluding hydrogens is 775 g/mol. The molecule has 0 N–H and O–H groups in total. The first kappa shape index (κ1) is 37.6. The van der Waals surface area contributed by atoms with E-state index in [1.165, 1.54) is 49.7 Å². The summed E-state index contributed by atoms with van der Waals surface area (Å²) in [5, 5.41) is 2.44. The van der Waals surface area contributed by atoms with Crippen molar-refractivity contribution in [1.29, 1.82) is 0 Å². The van der Waals surface area contributed by atoms with Gasteiger partial charge < -0.3 is 4.57 Å². The van der Waals surface area contributed by atoms with Gasteiger partial charge in [-0.3, -0.25) is 0 Å². The van der Waals surface area contributed by atoms with Crippen LogP contribution in [0.5, 0.6) is 0 Å². The molecule has 1 aliphatic carbocycles. The molecule has 0 spiro atoms. The van der Waals surface area contributed by atoms with E-state index in [0.29, 0.717) is 5.82 Å². The van der Waals surface area contributed by atoms with E-state index in [9.17, 15) is 0 Å². The molecule has 11 aromatic rings. The van der Waals surface area contributed by atoms with Crippen molar-refractivity contribution < 1.29 is 0 Å². The number of aromatic nitrogens is 3. The molecule has 0 radical (unpaired) electrons. The van der Waals surface area contributed by atoms with Gasteiger partial charge in [-0.05, 0) is 116 Å². The van der Waals surface area contributed by atoms with Crippen LogP contribution in [-0.4, -0.2) is 14.5 Å². The molecule has 302 valence electrons. The summed E-state index contributed by atoms with van der Waals surface area (Å²) in [6, 6.07) is 81.0. The zero-order valence-electron chi connectivity index (χ0n) is 35.7. The van der Waals surface area contributed by atoms with Crippen molar-refractivity contribution in [3.05, 3.63) is 236 Å². The molecule has 0 bridgehead atoms. The third kappa shape index (κ3) is 6.36. The average Bonchev–Trinajstić information content (AvgIpc) is 3.81. The van der Waals surface area contributed by atoms with E-state index >= 15 is 0 Å². The summed E-state index contributed by atoms with van der Waals surface area (Å²) >= 11 is 0. The number of hydrogen-bond acceptors (Lipinski definition) is 2. The summed E-state index contributed by atoms with van der Waals surface area (Å²) in [5.41, 5.74) is 20.4. The second kappa shape index (κ2) is 15.0. The Morgan fingerprint density at radius 3 is 1.52 bits per heavy atom. The summed E-state index contributed by atoms with van der Waals surface area (Å²) in [6.45, 7) is 4.70. The Hall–Kier alpha value is -8.14.